The summed E-state index contributed by atoms with van der Waals surface area (Å²) in [6.07, 6.45) is 4.72. The van der Waals surface area contributed by atoms with Gasteiger partial charge >= 0.3 is 0 Å². The van der Waals surface area contributed by atoms with Crippen LogP contribution in [0.1, 0.15) is 24.5 Å². The summed E-state index contributed by atoms with van der Waals surface area (Å²) < 4.78 is 1.76. The Labute approximate surface area is 137 Å². The molecule has 0 saturated carbocycles. The Morgan fingerprint density at radius 2 is 1.78 bits per heavy atom. The second-order valence-corrected chi connectivity index (χ2v) is 6.38. The molecule has 1 aromatic heterocycles. The van der Waals surface area contributed by atoms with Crippen LogP contribution in [-0.2, 0) is 6.54 Å². The first-order valence-electron chi connectivity index (χ1n) is 8.33. The van der Waals surface area contributed by atoms with E-state index in [0.717, 1.165) is 31.5 Å². The molecular formula is C18H25N3O2. The first-order valence-corrected chi connectivity index (χ1v) is 8.33. The van der Waals surface area contributed by atoms with Crippen LogP contribution in [-0.4, -0.2) is 50.6 Å². The lowest BCUT2D eigenvalue weighted by molar-refractivity contribution is 0.0358. The Hall–Kier alpha value is -1.69. The summed E-state index contributed by atoms with van der Waals surface area (Å²) in [5, 5.41) is 24.8. The second-order valence-electron chi connectivity index (χ2n) is 6.38. The van der Waals surface area contributed by atoms with E-state index in [4.69, 9.17) is 0 Å². The van der Waals surface area contributed by atoms with Crippen molar-refractivity contribution in [3.8, 4) is 0 Å². The van der Waals surface area contributed by atoms with E-state index >= 15 is 0 Å². The van der Waals surface area contributed by atoms with Crippen molar-refractivity contribution in [2.75, 3.05) is 19.6 Å². The Kier molecular flexibility index (Phi) is 5.43. The largest absolute Gasteiger partial charge is 0.390 e. The van der Waals surface area contributed by atoms with Crippen molar-refractivity contribution in [3.63, 3.8) is 0 Å². The van der Waals surface area contributed by atoms with Crippen LogP contribution < -0.4 is 0 Å². The van der Waals surface area contributed by atoms with Crippen LogP contribution in [0.4, 0.5) is 0 Å². The number of likely N-dealkylation sites (tertiary alicyclic amines) is 1. The highest BCUT2D eigenvalue weighted by molar-refractivity contribution is 5.18. The molecule has 2 aromatic rings. The third-order valence-corrected chi connectivity index (χ3v) is 4.65. The molecule has 2 heterocycles. The average Bonchev–Trinajstić information content (AvgIpc) is 3.08. The molecule has 0 radical (unpaired) electrons. The molecule has 1 aromatic carbocycles. The number of nitrogens with zero attached hydrogens (tertiary/aromatic N) is 3. The Morgan fingerprint density at radius 1 is 1.04 bits per heavy atom. The molecule has 0 unspecified atom stereocenters. The van der Waals surface area contributed by atoms with E-state index in [1.54, 1.807) is 10.9 Å². The minimum absolute atomic E-state index is 0.303. The lowest BCUT2D eigenvalue weighted by Gasteiger charge is -2.35. The number of piperidine rings is 1. The van der Waals surface area contributed by atoms with Gasteiger partial charge in [-0.05, 0) is 43.5 Å². The molecule has 124 valence electrons. The Morgan fingerprint density at radius 3 is 2.43 bits per heavy atom. The van der Waals surface area contributed by atoms with E-state index in [2.05, 4.69) is 10.00 Å². The molecule has 3 rings (SSSR count). The molecule has 1 saturated heterocycles. The van der Waals surface area contributed by atoms with E-state index in [1.165, 1.54) is 0 Å². The van der Waals surface area contributed by atoms with Crippen LogP contribution >= 0.6 is 0 Å². The minimum Gasteiger partial charge on any atom is -0.390 e. The molecule has 2 atom stereocenters. The summed E-state index contributed by atoms with van der Waals surface area (Å²) in [5.74, 6) is 0.303. The van der Waals surface area contributed by atoms with Crippen LogP contribution in [0.3, 0.4) is 0 Å². The molecule has 0 amide bonds. The van der Waals surface area contributed by atoms with Crippen molar-refractivity contribution >= 4 is 0 Å². The molecular weight excluding hydrogens is 290 g/mol. The summed E-state index contributed by atoms with van der Waals surface area (Å²) >= 11 is 0. The van der Waals surface area contributed by atoms with Gasteiger partial charge in [0.15, 0.2) is 0 Å². The third kappa shape index (κ3) is 4.41. The molecule has 0 spiro atoms. The number of aliphatic hydroxyl groups excluding tert-OH is 2. The van der Waals surface area contributed by atoms with Gasteiger partial charge in [-0.25, -0.2) is 0 Å². The molecule has 1 fully saturated rings. The highest BCUT2D eigenvalue weighted by Gasteiger charge is 2.26. The summed E-state index contributed by atoms with van der Waals surface area (Å²) in [7, 11) is 0. The van der Waals surface area contributed by atoms with Gasteiger partial charge in [0.1, 0.15) is 0 Å². The number of rotatable bonds is 6. The van der Waals surface area contributed by atoms with Gasteiger partial charge < -0.3 is 15.1 Å². The summed E-state index contributed by atoms with van der Waals surface area (Å²) in [4.78, 5) is 2.28. The number of β-amino-alcohol motifs (C(OH)–C–C–N with tert-alkyl or cyclic N) is 1. The van der Waals surface area contributed by atoms with Crippen LogP contribution in [0.15, 0.2) is 48.8 Å². The van der Waals surface area contributed by atoms with Crippen LogP contribution in [0, 0.1) is 5.92 Å². The van der Waals surface area contributed by atoms with Crippen LogP contribution in [0.25, 0.3) is 0 Å². The van der Waals surface area contributed by atoms with Gasteiger partial charge in [0.25, 0.3) is 0 Å². The van der Waals surface area contributed by atoms with Gasteiger partial charge in [0.05, 0.1) is 18.8 Å². The van der Waals surface area contributed by atoms with Gasteiger partial charge in [-0.15, -0.1) is 0 Å². The van der Waals surface area contributed by atoms with E-state index in [1.807, 2.05) is 42.6 Å². The van der Waals surface area contributed by atoms with E-state index in [-0.39, 0.29) is 6.10 Å². The van der Waals surface area contributed by atoms with Crippen molar-refractivity contribution in [2.45, 2.75) is 31.6 Å². The third-order valence-electron chi connectivity index (χ3n) is 4.65. The molecule has 0 aliphatic carbocycles. The van der Waals surface area contributed by atoms with E-state index in [9.17, 15) is 10.2 Å². The van der Waals surface area contributed by atoms with Crippen molar-refractivity contribution in [2.24, 2.45) is 5.92 Å². The van der Waals surface area contributed by atoms with Gasteiger partial charge in [0.2, 0.25) is 0 Å². The summed E-state index contributed by atoms with van der Waals surface area (Å²) in [6.45, 7) is 3.03. The molecule has 5 heteroatoms. The number of aliphatic hydroxyl groups is 2. The number of aromatic nitrogens is 2. The van der Waals surface area contributed by atoms with Crippen molar-refractivity contribution in [1.82, 2.24) is 14.7 Å². The average molecular weight is 315 g/mol. The first kappa shape index (κ1) is 16.2. The van der Waals surface area contributed by atoms with Crippen LogP contribution in [0.2, 0.25) is 0 Å². The van der Waals surface area contributed by atoms with Crippen LogP contribution in [0.5, 0.6) is 0 Å². The standard InChI is InChI=1S/C18H25N3O2/c22-17(14-21-10-4-9-19-21)13-20-11-7-16(8-12-20)18(23)15-5-2-1-3-6-15/h1-6,9-10,16-18,22-23H,7-8,11-14H2/t17-,18+/m1/s1. The maximum Gasteiger partial charge on any atom is 0.0862 e. The second kappa shape index (κ2) is 7.73. The highest BCUT2D eigenvalue weighted by atomic mass is 16.3. The summed E-state index contributed by atoms with van der Waals surface area (Å²) in [6, 6.07) is 11.8. The lowest BCUT2D eigenvalue weighted by atomic mass is 9.87. The zero-order valence-electron chi connectivity index (χ0n) is 13.3. The SMILES string of the molecule is O[C@H](CN1CCC([C@@H](O)c2ccccc2)CC1)Cn1cccn1. The van der Waals surface area contributed by atoms with Crippen molar-refractivity contribution in [3.05, 3.63) is 54.4 Å². The smallest absolute Gasteiger partial charge is 0.0862 e. The lowest BCUT2D eigenvalue weighted by Crippen LogP contribution is -2.41. The molecule has 23 heavy (non-hydrogen) atoms. The van der Waals surface area contributed by atoms with Crippen molar-refractivity contribution < 1.29 is 10.2 Å². The fraction of sp³-hybridized carbons (Fsp3) is 0.500. The monoisotopic (exact) mass is 315 g/mol. The number of hydrogen-bond donors (Lipinski definition) is 2. The topological polar surface area (TPSA) is 61.5 Å². The molecule has 0 bridgehead atoms. The number of hydrogen-bond acceptors (Lipinski definition) is 4. The highest BCUT2D eigenvalue weighted by Crippen LogP contribution is 2.30. The molecule has 5 nitrogen and oxygen atoms in total. The maximum atomic E-state index is 10.5. The van der Waals surface area contributed by atoms with Crippen molar-refractivity contribution in [1.29, 1.82) is 0 Å². The zero-order valence-corrected chi connectivity index (χ0v) is 13.3. The molecule has 2 N–H and O–H groups in total. The predicted molar refractivity (Wildman–Crippen MR) is 88.8 cm³/mol. The fourth-order valence-corrected chi connectivity index (χ4v) is 3.35. The Balaban J connectivity index is 1.45. The maximum absolute atomic E-state index is 10.5. The van der Waals surface area contributed by atoms with Gasteiger partial charge in [-0.3, -0.25) is 4.68 Å². The molecule has 1 aliphatic heterocycles. The fourth-order valence-electron chi connectivity index (χ4n) is 3.35. The Bertz CT molecular complexity index is 565. The van der Waals surface area contributed by atoms with Gasteiger partial charge in [0, 0.05) is 18.9 Å². The normalized spacial score (nSPS) is 19.6. The quantitative estimate of drug-likeness (QED) is 0.851. The molecule has 1 aliphatic rings. The summed E-state index contributed by atoms with van der Waals surface area (Å²) in [5.41, 5.74) is 1.00. The first-order chi connectivity index (χ1) is 11.2. The van der Waals surface area contributed by atoms with E-state index < -0.39 is 6.10 Å². The zero-order chi connectivity index (χ0) is 16.1. The predicted octanol–water partition coefficient (Wildman–Crippen LogP) is 1.69. The van der Waals surface area contributed by atoms with Gasteiger partial charge in [-0.2, -0.15) is 5.10 Å². The van der Waals surface area contributed by atoms with Gasteiger partial charge in [-0.1, -0.05) is 30.3 Å². The van der Waals surface area contributed by atoms with E-state index in [0.29, 0.717) is 19.0 Å². The number of benzene rings is 1. The minimum atomic E-state index is -0.412.